The van der Waals surface area contributed by atoms with Gasteiger partial charge in [0.25, 0.3) is 0 Å². The fourth-order valence-corrected chi connectivity index (χ4v) is 4.04. The van der Waals surface area contributed by atoms with Gasteiger partial charge in [0.1, 0.15) is 0 Å². The molecule has 0 saturated carbocycles. The molecule has 0 atom stereocenters. The van der Waals surface area contributed by atoms with E-state index in [0.717, 1.165) is 22.6 Å². The predicted octanol–water partition coefficient (Wildman–Crippen LogP) is 5.78. The lowest BCUT2D eigenvalue weighted by Gasteiger charge is -2.19. The highest BCUT2D eigenvalue weighted by Crippen LogP contribution is 2.28. The Balaban J connectivity index is 1.74. The van der Waals surface area contributed by atoms with E-state index in [1.807, 2.05) is 36.6 Å². The average molecular weight is 435 g/mol. The van der Waals surface area contributed by atoms with E-state index >= 15 is 0 Å². The Morgan fingerprint density at radius 2 is 1.84 bits per heavy atom. The van der Waals surface area contributed by atoms with Gasteiger partial charge in [0.2, 0.25) is 5.91 Å². The number of benzene rings is 2. The Hall–Kier alpha value is -2.86. The Bertz CT molecular complexity index is 1080. The molecule has 0 aliphatic carbocycles. The topological polar surface area (TPSA) is 59.8 Å². The molecule has 0 aliphatic rings. The van der Waals surface area contributed by atoms with Gasteiger partial charge in [-0.1, -0.05) is 80.6 Å². The second-order valence-corrected chi connectivity index (χ2v) is 9.63. The zero-order valence-corrected chi connectivity index (χ0v) is 19.7. The lowest BCUT2D eigenvalue weighted by atomic mass is 9.87. The molecule has 31 heavy (non-hydrogen) atoms. The molecule has 0 spiro atoms. The Kier molecular flexibility index (Phi) is 7.01. The summed E-state index contributed by atoms with van der Waals surface area (Å²) in [5.74, 6) is 0.963. The molecular formula is C25H30N4OS. The molecule has 1 N–H and O–H groups in total. The van der Waals surface area contributed by atoms with Crippen molar-refractivity contribution in [3.63, 3.8) is 0 Å². The molecule has 0 radical (unpaired) electrons. The Morgan fingerprint density at radius 3 is 2.45 bits per heavy atom. The number of aromatic nitrogens is 3. The monoisotopic (exact) mass is 434 g/mol. The number of thioether (sulfide) groups is 1. The summed E-state index contributed by atoms with van der Waals surface area (Å²) < 4.78 is 1.99. The summed E-state index contributed by atoms with van der Waals surface area (Å²) in [5.41, 5.74) is 5.41. The fraction of sp³-hybridized carbons (Fsp3) is 0.320. The number of nitrogens with zero attached hydrogens (tertiary/aromatic N) is 3. The number of aryl methyl sites for hydroxylation is 2. The molecule has 1 heterocycles. The van der Waals surface area contributed by atoms with E-state index in [-0.39, 0.29) is 17.1 Å². The van der Waals surface area contributed by atoms with Gasteiger partial charge in [-0.3, -0.25) is 9.36 Å². The van der Waals surface area contributed by atoms with Crippen LogP contribution in [0.25, 0.3) is 11.4 Å². The molecule has 0 fully saturated rings. The molecule has 162 valence electrons. The van der Waals surface area contributed by atoms with E-state index in [0.29, 0.717) is 11.7 Å². The van der Waals surface area contributed by atoms with Crippen LogP contribution in [0.1, 0.15) is 37.5 Å². The van der Waals surface area contributed by atoms with Gasteiger partial charge in [-0.2, -0.15) is 0 Å². The molecule has 0 unspecified atom stereocenters. The van der Waals surface area contributed by atoms with Crippen LogP contribution in [0.5, 0.6) is 0 Å². The molecule has 6 heteroatoms. The third-order valence-electron chi connectivity index (χ3n) is 5.03. The molecule has 3 aromatic rings. The molecule has 0 saturated heterocycles. The summed E-state index contributed by atoms with van der Waals surface area (Å²) in [6, 6.07) is 14.4. The minimum atomic E-state index is -0.0683. The van der Waals surface area contributed by atoms with Crippen LogP contribution >= 0.6 is 11.8 Å². The van der Waals surface area contributed by atoms with Gasteiger partial charge in [-0.15, -0.1) is 16.8 Å². The highest BCUT2D eigenvalue weighted by molar-refractivity contribution is 7.99. The van der Waals surface area contributed by atoms with Crippen molar-refractivity contribution < 1.29 is 4.79 Å². The summed E-state index contributed by atoms with van der Waals surface area (Å²) in [4.78, 5) is 12.5. The third kappa shape index (κ3) is 5.64. The number of carbonyl (C=O) groups excluding carboxylic acids is 1. The number of rotatable bonds is 7. The van der Waals surface area contributed by atoms with Crippen molar-refractivity contribution in [1.82, 2.24) is 14.8 Å². The van der Waals surface area contributed by atoms with Crippen molar-refractivity contribution in [3.8, 4) is 11.4 Å². The lowest BCUT2D eigenvalue weighted by Crippen LogP contribution is -2.15. The molecule has 0 aliphatic heterocycles. The first-order valence-corrected chi connectivity index (χ1v) is 11.3. The summed E-state index contributed by atoms with van der Waals surface area (Å²) in [7, 11) is 0. The summed E-state index contributed by atoms with van der Waals surface area (Å²) in [6.45, 7) is 15.0. The van der Waals surface area contributed by atoms with Crippen LogP contribution in [-0.4, -0.2) is 26.4 Å². The summed E-state index contributed by atoms with van der Waals surface area (Å²) >= 11 is 1.38. The maximum Gasteiger partial charge on any atom is 0.234 e. The van der Waals surface area contributed by atoms with Crippen molar-refractivity contribution >= 4 is 23.4 Å². The zero-order chi connectivity index (χ0) is 22.6. The number of amides is 1. The van der Waals surface area contributed by atoms with Gasteiger partial charge in [0, 0.05) is 17.8 Å². The second kappa shape index (κ2) is 9.52. The van der Waals surface area contributed by atoms with Gasteiger partial charge in [0.15, 0.2) is 11.0 Å². The van der Waals surface area contributed by atoms with Gasteiger partial charge < -0.3 is 5.32 Å². The van der Waals surface area contributed by atoms with Crippen molar-refractivity contribution in [3.05, 3.63) is 71.8 Å². The van der Waals surface area contributed by atoms with Crippen molar-refractivity contribution in [2.24, 2.45) is 0 Å². The van der Waals surface area contributed by atoms with Gasteiger partial charge >= 0.3 is 0 Å². The van der Waals surface area contributed by atoms with E-state index in [2.05, 4.69) is 73.2 Å². The number of hydrogen-bond acceptors (Lipinski definition) is 4. The van der Waals surface area contributed by atoms with Crippen LogP contribution < -0.4 is 5.32 Å². The molecule has 1 aromatic heterocycles. The number of nitrogens with one attached hydrogen (secondary N) is 1. The summed E-state index contributed by atoms with van der Waals surface area (Å²) in [5, 5.41) is 12.4. The van der Waals surface area contributed by atoms with Gasteiger partial charge in [-0.05, 0) is 36.5 Å². The molecule has 1 amide bonds. The van der Waals surface area contributed by atoms with Crippen LogP contribution in [0.15, 0.2) is 60.3 Å². The van der Waals surface area contributed by atoms with Crippen LogP contribution in [0.2, 0.25) is 0 Å². The van der Waals surface area contributed by atoms with Crippen LogP contribution in [-0.2, 0) is 16.8 Å². The zero-order valence-electron chi connectivity index (χ0n) is 18.9. The second-order valence-electron chi connectivity index (χ2n) is 8.69. The van der Waals surface area contributed by atoms with E-state index in [4.69, 9.17) is 0 Å². The number of allylic oxidation sites excluding steroid dienone is 1. The maximum absolute atomic E-state index is 12.5. The van der Waals surface area contributed by atoms with Crippen molar-refractivity contribution in [1.29, 1.82) is 0 Å². The fourth-order valence-electron chi connectivity index (χ4n) is 3.29. The van der Waals surface area contributed by atoms with E-state index in [1.54, 1.807) is 0 Å². The first-order valence-electron chi connectivity index (χ1n) is 10.3. The predicted molar refractivity (Wildman–Crippen MR) is 130 cm³/mol. The van der Waals surface area contributed by atoms with Gasteiger partial charge in [-0.25, -0.2) is 0 Å². The molecule has 2 aromatic carbocycles. The first kappa shape index (κ1) is 22.8. The first-order chi connectivity index (χ1) is 14.7. The highest BCUT2D eigenvalue weighted by Gasteiger charge is 2.17. The van der Waals surface area contributed by atoms with Gasteiger partial charge in [0.05, 0.1) is 5.75 Å². The summed E-state index contributed by atoms with van der Waals surface area (Å²) in [6.07, 6.45) is 1.82. The normalized spacial score (nSPS) is 11.4. The number of carbonyl (C=O) groups is 1. The quantitative estimate of drug-likeness (QED) is 0.378. The largest absolute Gasteiger partial charge is 0.325 e. The lowest BCUT2D eigenvalue weighted by molar-refractivity contribution is -0.113. The minimum absolute atomic E-state index is 0.0683. The number of hydrogen-bond donors (Lipinski definition) is 1. The highest BCUT2D eigenvalue weighted by atomic mass is 32.2. The maximum atomic E-state index is 12.5. The van der Waals surface area contributed by atoms with Crippen LogP contribution in [0.4, 0.5) is 5.69 Å². The number of anilines is 1. The average Bonchev–Trinajstić information content (AvgIpc) is 3.11. The van der Waals surface area contributed by atoms with E-state index in [9.17, 15) is 4.79 Å². The standard InChI is InChI=1S/C25H30N4OS/c1-7-14-29-23(19-9-11-20(12-10-19)25(4,5)6)27-28-24(29)31-16-22(30)26-21-13-8-17(2)15-18(21)3/h7-13,15H,1,14,16H2,2-6H3,(H,26,30). The van der Waals surface area contributed by atoms with Crippen molar-refractivity contribution in [2.45, 2.75) is 51.7 Å². The molecular weight excluding hydrogens is 404 g/mol. The third-order valence-corrected chi connectivity index (χ3v) is 5.99. The minimum Gasteiger partial charge on any atom is -0.325 e. The van der Waals surface area contributed by atoms with E-state index < -0.39 is 0 Å². The molecule has 0 bridgehead atoms. The van der Waals surface area contributed by atoms with Crippen molar-refractivity contribution in [2.75, 3.05) is 11.1 Å². The smallest absolute Gasteiger partial charge is 0.234 e. The van der Waals surface area contributed by atoms with Crippen LogP contribution in [0.3, 0.4) is 0 Å². The Labute approximate surface area is 189 Å². The van der Waals surface area contributed by atoms with Crippen LogP contribution in [0, 0.1) is 13.8 Å². The SMILES string of the molecule is C=CCn1c(SCC(=O)Nc2ccc(C)cc2C)nnc1-c1ccc(C(C)(C)C)cc1. The van der Waals surface area contributed by atoms with E-state index in [1.165, 1.54) is 22.9 Å². The Morgan fingerprint density at radius 1 is 1.13 bits per heavy atom. The molecule has 5 nitrogen and oxygen atoms in total. The molecule has 3 rings (SSSR count).